The van der Waals surface area contributed by atoms with Crippen molar-refractivity contribution in [3.05, 3.63) is 30.0 Å². The van der Waals surface area contributed by atoms with Crippen LogP contribution in [0.2, 0.25) is 0 Å². The Morgan fingerprint density at radius 3 is 2.53 bits per heavy atom. The Balaban J connectivity index is 2.62. The van der Waals surface area contributed by atoms with Crippen LogP contribution >= 0.6 is 0 Å². The molecule has 1 aromatic heterocycles. The molecule has 0 amide bonds. The van der Waals surface area contributed by atoms with Gasteiger partial charge in [-0.1, -0.05) is 0 Å². The number of nitrogens with zero attached hydrogens (tertiary/aromatic N) is 1. The van der Waals surface area contributed by atoms with Crippen molar-refractivity contribution in [1.82, 2.24) is 4.57 Å². The molecule has 2 N–H and O–H groups in total. The lowest BCUT2D eigenvalue weighted by molar-refractivity contribution is 0.196. The number of hydrogen-bond donors (Lipinski definition) is 2. The largest absolute Gasteiger partial charge is 0.508 e. The van der Waals surface area contributed by atoms with Gasteiger partial charge in [0.1, 0.15) is 5.75 Å². The third-order valence-corrected chi connectivity index (χ3v) is 2.97. The summed E-state index contributed by atoms with van der Waals surface area (Å²) in [6.45, 7) is 6.00. The van der Waals surface area contributed by atoms with Gasteiger partial charge in [-0.15, -0.1) is 0 Å². The number of phenolic OH excluding ortho intramolecular Hbond substituents is 1. The van der Waals surface area contributed by atoms with E-state index in [1.54, 1.807) is 19.1 Å². The van der Waals surface area contributed by atoms with Gasteiger partial charge in [-0.2, -0.15) is 0 Å². The first-order chi connectivity index (χ1) is 7.99. The molecule has 0 spiro atoms. The second-order valence-corrected chi connectivity index (χ2v) is 4.91. The number of hydrogen-bond acceptors (Lipinski definition) is 2. The van der Waals surface area contributed by atoms with E-state index in [1.807, 2.05) is 6.07 Å². The number of rotatable bonds is 3. The highest BCUT2D eigenvalue weighted by Gasteiger charge is 2.12. The maximum absolute atomic E-state index is 9.56. The first kappa shape index (κ1) is 12.0. The average Bonchev–Trinajstić information content (AvgIpc) is 2.55. The van der Waals surface area contributed by atoms with Gasteiger partial charge in [0.05, 0.1) is 11.6 Å². The Morgan fingerprint density at radius 2 is 1.94 bits per heavy atom. The van der Waals surface area contributed by atoms with E-state index in [0.29, 0.717) is 12.5 Å². The Morgan fingerprint density at radius 1 is 1.24 bits per heavy atom. The van der Waals surface area contributed by atoms with Crippen LogP contribution in [0.3, 0.4) is 0 Å². The van der Waals surface area contributed by atoms with Gasteiger partial charge in [-0.25, -0.2) is 0 Å². The van der Waals surface area contributed by atoms with E-state index < -0.39 is 0 Å². The number of fused-ring (bicyclic) bond motifs is 1. The van der Waals surface area contributed by atoms with Crippen LogP contribution in [-0.2, 0) is 6.42 Å². The minimum atomic E-state index is -0.352. The van der Waals surface area contributed by atoms with E-state index in [1.165, 1.54) is 0 Å². The number of phenols is 1. The number of benzene rings is 1. The average molecular weight is 233 g/mol. The lowest BCUT2D eigenvalue weighted by Crippen LogP contribution is -2.03. The first-order valence-corrected chi connectivity index (χ1v) is 5.99. The lowest BCUT2D eigenvalue weighted by atomic mass is 10.1. The minimum absolute atomic E-state index is 0.279. The van der Waals surface area contributed by atoms with E-state index in [0.717, 1.165) is 16.5 Å². The summed E-state index contributed by atoms with van der Waals surface area (Å²) in [7, 11) is 0. The topological polar surface area (TPSA) is 45.4 Å². The molecule has 17 heavy (non-hydrogen) atoms. The molecule has 0 fully saturated rings. The van der Waals surface area contributed by atoms with Gasteiger partial charge < -0.3 is 14.8 Å². The van der Waals surface area contributed by atoms with Crippen molar-refractivity contribution in [1.29, 1.82) is 0 Å². The molecule has 0 bridgehead atoms. The van der Waals surface area contributed by atoms with Gasteiger partial charge in [0.25, 0.3) is 0 Å². The maximum Gasteiger partial charge on any atom is 0.117 e. The first-order valence-electron chi connectivity index (χ1n) is 5.99. The summed E-state index contributed by atoms with van der Waals surface area (Å²) >= 11 is 0. The SMILES string of the molecule is CC(O)Cc1cn(C(C)C)c2cc(O)ccc12. The van der Waals surface area contributed by atoms with E-state index in [2.05, 4.69) is 24.6 Å². The Hall–Kier alpha value is -1.48. The molecule has 2 aromatic rings. The van der Waals surface area contributed by atoms with Crippen molar-refractivity contribution < 1.29 is 10.2 Å². The van der Waals surface area contributed by atoms with E-state index in [-0.39, 0.29) is 11.9 Å². The van der Waals surface area contributed by atoms with Crippen LogP contribution in [0.1, 0.15) is 32.4 Å². The minimum Gasteiger partial charge on any atom is -0.508 e. The number of aromatic hydroxyl groups is 1. The zero-order valence-electron chi connectivity index (χ0n) is 10.5. The molecule has 1 atom stereocenters. The van der Waals surface area contributed by atoms with E-state index in [9.17, 15) is 10.2 Å². The van der Waals surface area contributed by atoms with Crippen LogP contribution in [0.15, 0.2) is 24.4 Å². The molecule has 0 saturated heterocycles. The van der Waals surface area contributed by atoms with Gasteiger partial charge >= 0.3 is 0 Å². The highest BCUT2D eigenvalue weighted by Crippen LogP contribution is 2.28. The quantitative estimate of drug-likeness (QED) is 0.856. The molecular formula is C14H19NO2. The summed E-state index contributed by atoms with van der Waals surface area (Å²) < 4.78 is 2.13. The van der Waals surface area contributed by atoms with Gasteiger partial charge in [-0.3, -0.25) is 0 Å². The van der Waals surface area contributed by atoms with Crippen LogP contribution in [0.5, 0.6) is 5.75 Å². The number of aliphatic hydroxyl groups is 1. The third kappa shape index (κ3) is 2.29. The molecule has 1 aromatic carbocycles. The molecule has 3 heteroatoms. The number of aliphatic hydroxyl groups excluding tert-OH is 1. The lowest BCUT2D eigenvalue weighted by Gasteiger charge is -2.08. The van der Waals surface area contributed by atoms with Crippen LogP contribution in [0, 0.1) is 0 Å². The summed E-state index contributed by atoms with van der Waals surface area (Å²) in [5.74, 6) is 0.279. The van der Waals surface area contributed by atoms with Crippen LogP contribution in [0.4, 0.5) is 0 Å². The van der Waals surface area contributed by atoms with Crippen molar-refractivity contribution in [2.75, 3.05) is 0 Å². The standard InChI is InChI=1S/C14H19NO2/c1-9(2)15-8-11(6-10(3)16)13-5-4-12(17)7-14(13)15/h4-5,7-10,16-17H,6H2,1-3H3. The molecule has 0 aliphatic carbocycles. The van der Waals surface area contributed by atoms with Gasteiger partial charge in [0.2, 0.25) is 0 Å². The fourth-order valence-corrected chi connectivity index (χ4v) is 2.22. The summed E-state index contributed by atoms with van der Waals surface area (Å²) in [5, 5.41) is 20.2. The van der Waals surface area contributed by atoms with Crippen LogP contribution < -0.4 is 0 Å². The second-order valence-electron chi connectivity index (χ2n) is 4.91. The van der Waals surface area contributed by atoms with Crippen LogP contribution in [-0.4, -0.2) is 20.9 Å². The zero-order chi connectivity index (χ0) is 12.6. The molecule has 0 aliphatic rings. The highest BCUT2D eigenvalue weighted by molar-refractivity contribution is 5.85. The molecule has 3 nitrogen and oxygen atoms in total. The third-order valence-electron chi connectivity index (χ3n) is 2.97. The van der Waals surface area contributed by atoms with Crippen molar-refractivity contribution >= 4 is 10.9 Å². The fraction of sp³-hybridized carbons (Fsp3) is 0.429. The predicted octanol–water partition coefficient (Wildman–Crippen LogP) is 2.85. The maximum atomic E-state index is 9.56. The monoisotopic (exact) mass is 233 g/mol. The number of aromatic nitrogens is 1. The molecule has 0 aliphatic heterocycles. The summed E-state index contributed by atoms with van der Waals surface area (Å²) in [6, 6.07) is 5.72. The van der Waals surface area contributed by atoms with Crippen LogP contribution in [0.25, 0.3) is 10.9 Å². The summed E-state index contributed by atoms with van der Waals surface area (Å²) in [5.41, 5.74) is 2.15. The molecule has 1 heterocycles. The highest BCUT2D eigenvalue weighted by atomic mass is 16.3. The zero-order valence-corrected chi connectivity index (χ0v) is 10.5. The normalized spacial score (nSPS) is 13.5. The smallest absolute Gasteiger partial charge is 0.117 e. The van der Waals surface area contributed by atoms with E-state index in [4.69, 9.17) is 0 Å². The van der Waals surface area contributed by atoms with E-state index >= 15 is 0 Å². The Labute approximate surface area is 101 Å². The summed E-state index contributed by atoms with van der Waals surface area (Å²) in [4.78, 5) is 0. The molecule has 2 rings (SSSR count). The fourth-order valence-electron chi connectivity index (χ4n) is 2.22. The van der Waals surface area contributed by atoms with Crippen molar-refractivity contribution in [3.8, 4) is 5.75 Å². The molecule has 0 radical (unpaired) electrons. The second kappa shape index (κ2) is 4.41. The molecular weight excluding hydrogens is 214 g/mol. The van der Waals surface area contributed by atoms with Crippen molar-refractivity contribution in [3.63, 3.8) is 0 Å². The molecule has 0 saturated carbocycles. The Bertz CT molecular complexity index is 526. The van der Waals surface area contributed by atoms with Gasteiger partial charge in [-0.05, 0) is 38.5 Å². The summed E-state index contributed by atoms with van der Waals surface area (Å²) in [6.07, 6.45) is 2.36. The Kier molecular flexibility index (Phi) is 3.11. The van der Waals surface area contributed by atoms with Gasteiger partial charge in [0, 0.05) is 30.1 Å². The molecule has 1 unspecified atom stereocenters. The molecule has 92 valence electrons. The predicted molar refractivity (Wildman–Crippen MR) is 69.4 cm³/mol. The van der Waals surface area contributed by atoms with Crippen molar-refractivity contribution in [2.24, 2.45) is 0 Å². The van der Waals surface area contributed by atoms with Gasteiger partial charge in [0.15, 0.2) is 0 Å². The van der Waals surface area contributed by atoms with Crippen molar-refractivity contribution in [2.45, 2.75) is 39.3 Å².